The first-order chi connectivity index (χ1) is 19.5. The van der Waals surface area contributed by atoms with Crippen LogP contribution in [0.4, 0.5) is 16.3 Å². The van der Waals surface area contributed by atoms with Gasteiger partial charge in [0.25, 0.3) is 0 Å². The summed E-state index contributed by atoms with van der Waals surface area (Å²) in [4.78, 5) is 16.7. The van der Waals surface area contributed by atoms with Gasteiger partial charge in [-0.05, 0) is 60.2 Å². The standard InChI is InChI=1S/C30H26Cl2N6O2/c1-40-24-9-5-6-21(16-24)29-25(19-38(37-29)23-7-3-2-4-8-23)20-12-13-33-28(17-20)34-14-15-35-30(39)36-22-10-11-26(31)27(32)18-22/h2-13,16-19H,14-15H2,1H3,(H,33,34)(H2,35,36,39). The van der Waals surface area contributed by atoms with Crippen LogP contribution in [0.15, 0.2) is 97.3 Å². The predicted molar refractivity (Wildman–Crippen MR) is 161 cm³/mol. The van der Waals surface area contributed by atoms with Crippen molar-refractivity contribution in [3.8, 4) is 33.8 Å². The number of carbonyl (C=O) groups is 1. The van der Waals surface area contributed by atoms with Crippen LogP contribution in [0, 0.1) is 0 Å². The van der Waals surface area contributed by atoms with E-state index in [2.05, 4.69) is 20.9 Å². The largest absolute Gasteiger partial charge is 0.497 e. The third-order valence-corrected chi connectivity index (χ3v) is 6.78. The van der Waals surface area contributed by atoms with Crippen LogP contribution in [0.1, 0.15) is 0 Å². The highest BCUT2D eigenvalue weighted by Crippen LogP contribution is 2.34. The summed E-state index contributed by atoms with van der Waals surface area (Å²) in [5, 5.41) is 14.5. The molecule has 0 atom stereocenters. The van der Waals surface area contributed by atoms with E-state index in [1.807, 2.05) is 77.6 Å². The molecule has 0 bridgehead atoms. The lowest BCUT2D eigenvalue weighted by Crippen LogP contribution is -2.32. The van der Waals surface area contributed by atoms with Gasteiger partial charge in [-0.2, -0.15) is 5.10 Å². The highest BCUT2D eigenvalue weighted by molar-refractivity contribution is 6.42. The molecular formula is C30H26Cl2N6O2. The molecule has 0 spiro atoms. The summed E-state index contributed by atoms with van der Waals surface area (Å²) >= 11 is 11.9. The molecule has 3 N–H and O–H groups in total. The number of methoxy groups -OCH3 is 1. The maximum absolute atomic E-state index is 12.2. The van der Waals surface area contributed by atoms with Gasteiger partial charge in [0.15, 0.2) is 0 Å². The van der Waals surface area contributed by atoms with E-state index >= 15 is 0 Å². The van der Waals surface area contributed by atoms with Gasteiger partial charge in [-0.1, -0.05) is 53.5 Å². The number of hydrogen-bond acceptors (Lipinski definition) is 5. The van der Waals surface area contributed by atoms with Crippen molar-refractivity contribution in [2.24, 2.45) is 0 Å². The highest BCUT2D eigenvalue weighted by atomic mass is 35.5. The number of nitrogens with zero attached hydrogens (tertiary/aromatic N) is 3. The number of benzene rings is 3. The molecule has 2 aromatic heterocycles. The van der Waals surface area contributed by atoms with Crippen molar-refractivity contribution < 1.29 is 9.53 Å². The van der Waals surface area contributed by atoms with Crippen molar-refractivity contribution in [1.29, 1.82) is 0 Å². The Hall–Kier alpha value is -4.53. The fraction of sp³-hybridized carbons (Fsp3) is 0.100. The van der Waals surface area contributed by atoms with E-state index in [9.17, 15) is 4.79 Å². The van der Waals surface area contributed by atoms with E-state index in [0.717, 1.165) is 33.8 Å². The number of hydrogen-bond donors (Lipinski definition) is 3. The van der Waals surface area contributed by atoms with Gasteiger partial charge in [0.2, 0.25) is 0 Å². The number of rotatable bonds is 9. The van der Waals surface area contributed by atoms with Gasteiger partial charge < -0.3 is 20.7 Å². The second-order valence-electron chi connectivity index (χ2n) is 8.77. The molecule has 0 fully saturated rings. The molecule has 0 radical (unpaired) electrons. The molecule has 0 aliphatic heterocycles. The summed E-state index contributed by atoms with van der Waals surface area (Å²) in [5.41, 5.74) is 5.16. The minimum atomic E-state index is -0.349. The van der Waals surface area contributed by atoms with Crippen molar-refractivity contribution in [2.75, 3.05) is 30.8 Å². The normalized spacial score (nSPS) is 10.7. The van der Waals surface area contributed by atoms with Crippen LogP contribution < -0.4 is 20.7 Å². The number of para-hydroxylation sites is 1. The molecular weight excluding hydrogens is 547 g/mol. The number of halogens is 2. The smallest absolute Gasteiger partial charge is 0.319 e. The molecule has 0 saturated carbocycles. The van der Waals surface area contributed by atoms with Crippen molar-refractivity contribution in [3.63, 3.8) is 0 Å². The minimum Gasteiger partial charge on any atom is -0.497 e. The molecule has 0 aliphatic carbocycles. The Kier molecular flexibility index (Phi) is 8.49. The zero-order valence-corrected chi connectivity index (χ0v) is 23.1. The number of aromatic nitrogens is 3. The minimum absolute atomic E-state index is 0.349. The van der Waals surface area contributed by atoms with Crippen LogP contribution in [-0.2, 0) is 0 Å². The van der Waals surface area contributed by atoms with Crippen molar-refractivity contribution in [3.05, 3.63) is 107 Å². The maximum Gasteiger partial charge on any atom is 0.319 e. The Morgan fingerprint density at radius 1 is 0.900 bits per heavy atom. The average Bonchev–Trinajstić information content (AvgIpc) is 3.44. The Balaban J connectivity index is 1.30. The third kappa shape index (κ3) is 6.54. The number of amides is 2. The molecule has 5 aromatic rings. The van der Waals surface area contributed by atoms with Crippen LogP contribution in [0.5, 0.6) is 5.75 Å². The van der Waals surface area contributed by atoms with Crippen LogP contribution in [0.2, 0.25) is 10.0 Å². The third-order valence-electron chi connectivity index (χ3n) is 6.04. The lowest BCUT2D eigenvalue weighted by atomic mass is 10.0. The van der Waals surface area contributed by atoms with Gasteiger partial charge in [-0.25, -0.2) is 14.5 Å². The molecule has 0 aliphatic rings. The number of ether oxygens (including phenoxy) is 1. The van der Waals surface area contributed by atoms with Crippen LogP contribution in [0.25, 0.3) is 28.1 Å². The Bertz CT molecular complexity index is 1620. The summed E-state index contributed by atoms with van der Waals surface area (Å²) in [7, 11) is 1.65. The number of carbonyl (C=O) groups excluding carboxylic acids is 1. The Labute approximate surface area is 241 Å². The maximum atomic E-state index is 12.2. The van der Waals surface area contributed by atoms with Crippen molar-refractivity contribution in [1.82, 2.24) is 20.1 Å². The summed E-state index contributed by atoms with van der Waals surface area (Å²) in [5.74, 6) is 1.43. The number of urea groups is 1. The molecule has 0 saturated heterocycles. The van der Waals surface area contributed by atoms with Gasteiger partial charge in [-0.3, -0.25) is 0 Å². The van der Waals surface area contributed by atoms with E-state index in [0.29, 0.717) is 34.6 Å². The summed E-state index contributed by atoms with van der Waals surface area (Å²) in [6.07, 6.45) is 3.76. The van der Waals surface area contributed by atoms with Gasteiger partial charge in [-0.15, -0.1) is 0 Å². The SMILES string of the molecule is COc1cccc(-c2nn(-c3ccccc3)cc2-c2ccnc(NCCNC(=O)Nc3ccc(Cl)c(Cl)c3)c2)c1. The monoisotopic (exact) mass is 572 g/mol. The lowest BCUT2D eigenvalue weighted by molar-refractivity contribution is 0.252. The molecule has 202 valence electrons. The molecule has 0 unspecified atom stereocenters. The predicted octanol–water partition coefficient (Wildman–Crippen LogP) is 7.15. The molecule has 40 heavy (non-hydrogen) atoms. The lowest BCUT2D eigenvalue weighted by Gasteiger charge is -2.10. The molecule has 3 aromatic carbocycles. The summed E-state index contributed by atoms with van der Waals surface area (Å²) in [6, 6.07) is 26.3. The molecule has 10 heteroatoms. The first kappa shape index (κ1) is 27.1. The Morgan fingerprint density at radius 3 is 2.55 bits per heavy atom. The van der Waals surface area contributed by atoms with E-state index in [1.54, 1.807) is 31.5 Å². The zero-order chi connectivity index (χ0) is 27.9. The summed E-state index contributed by atoms with van der Waals surface area (Å²) < 4.78 is 7.32. The fourth-order valence-electron chi connectivity index (χ4n) is 4.09. The van der Waals surface area contributed by atoms with Gasteiger partial charge >= 0.3 is 6.03 Å². The highest BCUT2D eigenvalue weighted by Gasteiger charge is 2.15. The van der Waals surface area contributed by atoms with Crippen molar-refractivity contribution in [2.45, 2.75) is 0 Å². The van der Waals surface area contributed by atoms with Gasteiger partial charge in [0, 0.05) is 42.3 Å². The molecule has 2 heterocycles. The fourth-order valence-corrected chi connectivity index (χ4v) is 4.39. The topological polar surface area (TPSA) is 93.1 Å². The van der Waals surface area contributed by atoms with Crippen LogP contribution in [-0.4, -0.2) is 41.0 Å². The Morgan fingerprint density at radius 2 is 1.75 bits per heavy atom. The molecule has 2 amide bonds. The average molecular weight is 573 g/mol. The van der Waals surface area contributed by atoms with E-state index < -0.39 is 0 Å². The first-order valence-electron chi connectivity index (χ1n) is 12.5. The van der Waals surface area contributed by atoms with Gasteiger partial charge in [0.1, 0.15) is 17.3 Å². The number of nitrogens with one attached hydrogen (secondary N) is 3. The number of pyridine rings is 1. The second-order valence-corrected chi connectivity index (χ2v) is 9.58. The second kappa shape index (κ2) is 12.5. The van der Waals surface area contributed by atoms with Crippen molar-refractivity contribution >= 4 is 40.7 Å². The zero-order valence-electron chi connectivity index (χ0n) is 21.6. The molecule has 8 nitrogen and oxygen atoms in total. The number of anilines is 2. The van der Waals surface area contributed by atoms with Crippen LogP contribution in [0.3, 0.4) is 0 Å². The van der Waals surface area contributed by atoms with E-state index in [4.69, 9.17) is 33.0 Å². The first-order valence-corrected chi connectivity index (χ1v) is 13.3. The van der Waals surface area contributed by atoms with E-state index in [1.165, 1.54) is 0 Å². The van der Waals surface area contributed by atoms with E-state index in [-0.39, 0.29) is 6.03 Å². The van der Waals surface area contributed by atoms with Crippen LogP contribution >= 0.6 is 23.2 Å². The summed E-state index contributed by atoms with van der Waals surface area (Å²) in [6.45, 7) is 0.845. The molecule has 5 rings (SSSR count). The quantitative estimate of drug-likeness (QED) is 0.163. The van der Waals surface area contributed by atoms with Gasteiger partial charge in [0.05, 0.1) is 22.8 Å².